The van der Waals surface area contributed by atoms with Crippen molar-refractivity contribution in [3.8, 4) is 0 Å². The summed E-state index contributed by atoms with van der Waals surface area (Å²) in [5.41, 5.74) is 3.05. The van der Waals surface area contributed by atoms with E-state index in [1.165, 1.54) is 24.3 Å². The second-order valence-corrected chi connectivity index (χ2v) is 7.50. The van der Waals surface area contributed by atoms with Crippen LogP contribution in [-0.2, 0) is 14.4 Å². The Labute approximate surface area is 173 Å². The maximum atomic E-state index is 13.5. The smallest absolute Gasteiger partial charge is 0.266 e. The van der Waals surface area contributed by atoms with E-state index in [1.54, 1.807) is 5.06 Å². The van der Waals surface area contributed by atoms with Crippen LogP contribution >= 0.6 is 0 Å². The summed E-state index contributed by atoms with van der Waals surface area (Å²) in [6.45, 7) is 1.98. The van der Waals surface area contributed by atoms with Crippen molar-refractivity contribution in [2.75, 3.05) is 9.96 Å². The number of hydrogen-bond donors (Lipinski definition) is 0. The number of amides is 2. The van der Waals surface area contributed by atoms with Gasteiger partial charge in [0.1, 0.15) is 11.7 Å². The minimum atomic E-state index is -0.938. The first kappa shape index (κ1) is 18.5. The van der Waals surface area contributed by atoms with Gasteiger partial charge in [-0.3, -0.25) is 14.4 Å². The van der Waals surface area contributed by atoms with Gasteiger partial charge in [-0.05, 0) is 54.4 Å². The SMILES string of the molecule is Cc1ccccc1[C@@H]1[C@H]2C(=O)N(c3ccc(F)cc3)C(=O)[C@H]2ON1c1ccccc1. The Balaban J connectivity index is 1.60. The average Bonchev–Trinajstić information content (AvgIpc) is 3.26. The highest BCUT2D eigenvalue weighted by atomic mass is 19.1. The maximum absolute atomic E-state index is 13.5. The van der Waals surface area contributed by atoms with Crippen LogP contribution in [0.5, 0.6) is 0 Å². The Kier molecular flexibility index (Phi) is 4.37. The number of halogens is 1. The number of imide groups is 1. The van der Waals surface area contributed by atoms with E-state index in [0.29, 0.717) is 5.69 Å². The number of nitrogens with zero attached hydrogens (tertiary/aromatic N) is 2. The first-order valence-electron chi connectivity index (χ1n) is 9.76. The molecule has 6 heteroatoms. The number of fused-ring (bicyclic) bond motifs is 1. The lowest BCUT2D eigenvalue weighted by atomic mass is 9.88. The highest BCUT2D eigenvalue weighted by Gasteiger charge is 2.60. The molecule has 0 radical (unpaired) electrons. The third kappa shape index (κ3) is 2.80. The molecule has 2 amide bonds. The zero-order chi connectivity index (χ0) is 20.8. The standard InChI is InChI=1S/C24H19FN2O3/c1-15-7-5-6-10-19(15)21-20-22(30-27(21)18-8-3-2-4-9-18)24(29)26(23(20)28)17-13-11-16(25)12-14-17/h2-14,20-22H,1H3/t20-,21-,22+/m1/s1. The molecule has 0 spiro atoms. The van der Waals surface area contributed by atoms with Crippen molar-refractivity contribution in [3.63, 3.8) is 0 Å². The Morgan fingerprint density at radius 3 is 2.17 bits per heavy atom. The van der Waals surface area contributed by atoms with Crippen LogP contribution in [-0.4, -0.2) is 17.9 Å². The minimum absolute atomic E-state index is 0.344. The molecule has 2 saturated heterocycles. The van der Waals surface area contributed by atoms with Crippen LogP contribution in [0.3, 0.4) is 0 Å². The molecule has 3 aromatic rings. The van der Waals surface area contributed by atoms with Crippen LogP contribution in [0, 0.1) is 18.7 Å². The Hall–Kier alpha value is -3.51. The first-order chi connectivity index (χ1) is 14.6. The molecule has 0 unspecified atom stereocenters. The van der Waals surface area contributed by atoms with Crippen molar-refractivity contribution in [2.24, 2.45) is 5.92 Å². The highest BCUT2D eigenvalue weighted by molar-refractivity contribution is 6.23. The van der Waals surface area contributed by atoms with Crippen molar-refractivity contribution < 1.29 is 18.8 Å². The van der Waals surface area contributed by atoms with Crippen LogP contribution in [0.1, 0.15) is 17.2 Å². The molecule has 0 saturated carbocycles. The van der Waals surface area contributed by atoms with Crippen LogP contribution in [0.25, 0.3) is 0 Å². The maximum Gasteiger partial charge on any atom is 0.266 e. The number of hydroxylamine groups is 1. The van der Waals surface area contributed by atoms with Gasteiger partial charge >= 0.3 is 0 Å². The van der Waals surface area contributed by atoms with Gasteiger partial charge in [0.25, 0.3) is 5.91 Å². The Morgan fingerprint density at radius 1 is 0.800 bits per heavy atom. The van der Waals surface area contributed by atoms with Gasteiger partial charge < -0.3 is 0 Å². The number of carbonyl (C=O) groups is 2. The normalized spacial score (nSPS) is 23.2. The topological polar surface area (TPSA) is 49.9 Å². The van der Waals surface area contributed by atoms with E-state index in [0.717, 1.165) is 21.7 Å². The lowest BCUT2D eigenvalue weighted by molar-refractivity contribution is -0.126. The monoisotopic (exact) mass is 402 g/mol. The van der Waals surface area contributed by atoms with Gasteiger partial charge in [0, 0.05) is 0 Å². The summed E-state index contributed by atoms with van der Waals surface area (Å²) in [4.78, 5) is 33.9. The Morgan fingerprint density at radius 2 is 1.47 bits per heavy atom. The van der Waals surface area contributed by atoms with Gasteiger partial charge in [-0.25, -0.2) is 14.4 Å². The summed E-state index contributed by atoms with van der Waals surface area (Å²) in [5, 5.41) is 1.68. The van der Waals surface area contributed by atoms with Crippen molar-refractivity contribution in [1.82, 2.24) is 0 Å². The lowest BCUT2D eigenvalue weighted by Gasteiger charge is -2.29. The van der Waals surface area contributed by atoms with Gasteiger partial charge in [0.15, 0.2) is 6.10 Å². The molecular weight excluding hydrogens is 383 g/mol. The van der Waals surface area contributed by atoms with E-state index < -0.39 is 29.8 Å². The molecule has 30 heavy (non-hydrogen) atoms. The summed E-state index contributed by atoms with van der Waals surface area (Å²) in [5.74, 6) is -1.91. The molecule has 0 bridgehead atoms. The lowest BCUT2D eigenvalue weighted by Crippen LogP contribution is -2.37. The van der Waals surface area contributed by atoms with Gasteiger partial charge in [-0.15, -0.1) is 0 Å². The summed E-state index contributed by atoms with van der Waals surface area (Å²) < 4.78 is 13.3. The minimum Gasteiger partial charge on any atom is -0.273 e. The molecule has 3 aromatic carbocycles. The molecule has 2 aliphatic rings. The fourth-order valence-corrected chi connectivity index (χ4v) is 4.29. The fourth-order valence-electron chi connectivity index (χ4n) is 4.29. The van der Waals surface area contributed by atoms with Crippen LogP contribution in [0.15, 0.2) is 78.9 Å². The van der Waals surface area contributed by atoms with Crippen molar-refractivity contribution in [3.05, 3.63) is 95.8 Å². The number of rotatable bonds is 3. The fraction of sp³-hybridized carbons (Fsp3) is 0.167. The predicted molar refractivity (Wildman–Crippen MR) is 110 cm³/mol. The van der Waals surface area contributed by atoms with Crippen molar-refractivity contribution >= 4 is 23.2 Å². The highest BCUT2D eigenvalue weighted by Crippen LogP contribution is 2.48. The van der Waals surface area contributed by atoms with E-state index >= 15 is 0 Å². The number of anilines is 2. The van der Waals surface area contributed by atoms with Gasteiger partial charge in [-0.1, -0.05) is 42.5 Å². The number of aryl methyl sites for hydroxylation is 1. The van der Waals surface area contributed by atoms with E-state index in [-0.39, 0.29) is 5.91 Å². The number of carbonyl (C=O) groups excluding carboxylic acids is 2. The van der Waals surface area contributed by atoms with Crippen molar-refractivity contribution in [1.29, 1.82) is 0 Å². The van der Waals surface area contributed by atoms with Crippen LogP contribution in [0.2, 0.25) is 0 Å². The van der Waals surface area contributed by atoms with Crippen LogP contribution in [0.4, 0.5) is 15.8 Å². The second-order valence-electron chi connectivity index (χ2n) is 7.50. The molecule has 0 N–H and O–H groups in total. The molecular formula is C24H19FN2O3. The molecule has 5 rings (SSSR count). The van der Waals surface area contributed by atoms with E-state index in [2.05, 4.69) is 0 Å². The number of hydrogen-bond acceptors (Lipinski definition) is 4. The molecule has 2 aliphatic heterocycles. The average molecular weight is 402 g/mol. The number of benzene rings is 3. The predicted octanol–water partition coefficient (Wildman–Crippen LogP) is 4.19. The van der Waals surface area contributed by atoms with E-state index in [4.69, 9.17) is 4.84 Å². The van der Waals surface area contributed by atoms with Gasteiger partial charge in [0.05, 0.1) is 17.4 Å². The van der Waals surface area contributed by atoms with E-state index in [1.807, 2.05) is 61.5 Å². The molecule has 3 atom stereocenters. The molecule has 0 aromatic heterocycles. The first-order valence-corrected chi connectivity index (χ1v) is 9.76. The zero-order valence-corrected chi connectivity index (χ0v) is 16.2. The summed E-state index contributed by atoms with van der Waals surface area (Å²) in [7, 11) is 0. The number of para-hydroxylation sites is 1. The third-order valence-corrected chi connectivity index (χ3v) is 5.72. The molecule has 2 fully saturated rings. The van der Waals surface area contributed by atoms with Gasteiger partial charge in [-0.2, -0.15) is 0 Å². The summed E-state index contributed by atoms with van der Waals surface area (Å²) in [6.07, 6.45) is -0.938. The molecule has 5 nitrogen and oxygen atoms in total. The quantitative estimate of drug-likeness (QED) is 0.617. The second kappa shape index (κ2) is 7.07. The summed E-state index contributed by atoms with van der Waals surface area (Å²) >= 11 is 0. The zero-order valence-electron chi connectivity index (χ0n) is 16.2. The molecule has 150 valence electrons. The van der Waals surface area contributed by atoms with Crippen molar-refractivity contribution in [2.45, 2.75) is 19.1 Å². The Bertz CT molecular complexity index is 1120. The molecule has 2 heterocycles. The third-order valence-electron chi connectivity index (χ3n) is 5.72. The summed E-state index contributed by atoms with van der Waals surface area (Å²) in [6, 6.07) is 22.1. The van der Waals surface area contributed by atoms with Crippen LogP contribution < -0.4 is 9.96 Å². The molecule has 0 aliphatic carbocycles. The van der Waals surface area contributed by atoms with Gasteiger partial charge in [0.2, 0.25) is 5.91 Å². The van der Waals surface area contributed by atoms with E-state index in [9.17, 15) is 14.0 Å². The largest absolute Gasteiger partial charge is 0.273 e.